The molecule has 0 fully saturated rings. The van der Waals surface area contributed by atoms with Crippen molar-refractivity contribution in [1.29, 1.82) is 0 Å². The third-order valence-corrected chi connectivity index (χ3v) is 17.3. The number of halogens is 1. The van der Waals surface area contributed by atoms with Gasteiger partial charge in [0.2, 0.25) is 0 Å². The van der Waals surface area contributed by atoms with Gasteiger partial charge in [-0.3, -0.25) is 0 Å². The molecule has 0 aliphatic heterocycles. The predicted octanol–water partition coefficient (Wildman–Crippen LogP) is 5.26. The van der Waals surface area contributed by atoms with E-state index in [1.165, 1.54) is 26.9 Å². The Morgan fingerprint density at radius 1 is 0.483 bits per heavy atom. The summed E-state index contributed by atoms with van der Waals surface area (Å²) in [5, 5.41) is 5.48. The van der Waals surface area contributed by atoms with Crippen LogP contribution in [0.5, 0.6) is 0 Å². The molecular formula is C26H25INP. The molecule has 4 aromatic carbocycles. The molecule has 0 heterocycles. The molecule has 0 bridgehead atoms. The first-order chi connectivity index (χ1) is 14.1. The second kappa shape index (κ2) is 7.93. The van der Waals surface area contributed by atoms with Crippen LogP contribution in [0.4, 0.5) is 5.69 Å². The summed E-state index contributed by atoms with van der Waals surface area (Å²) < 4.78 is -2.93. The molecule has 0 atom stereocenters. The van der Waals surface area contributed by atoms with E-state index in [0.717, 1.165) is 0 Å². The van der Waals surface area contributed by atoms with Gasteiger partial charge >= 0.3 is 187 Å². The van der Waals surface area contributed by atoms with Crippen LogP contribution in [-0.2, 0) is 0 Å². The summed E-state index contributed by atoms with van der Waals surface area (Å²) in [5.74, 6) is 0. The average molecular weight is 509 g/mol. The van der Waals surface area contributed by atoms with E-state index in [2.05, 4.69) is 156 Å². The predicted molar refractivity (Wildman–Crippen MR) is 140 cm³/mol. The van der Waals surface area contributed by atoms with E-state index >= 15 is 0 Å². The Kier molecular flexibility index (Phi) is 5.50. The van der Waals surface area contributed by atoms with Gasteiger partial charge in [-0.15, -0.1) is 0 Å². The van der Waals surface area contributed by atoms with E-state index in [0.29, 0.717) is 0 Å². The van der Waals surface area contributed by atoms with Crippen LogP contribution in [0.3, 0.4) is 0 Å². The van der Waals surface area contributed by atoms with E-state index in [1.54, 1.807) is 0 Å². The van der Waals surface area contributed by atoms with Gasteiger partial charge in [0.15, 0.2) is 0 Å². The zero-order valence-corrected chi connectivity index (χ0v) is 19.8. The van der Waals surface area contributed by atoms with Gasteiger partial charge in [0.1, 0.15) is 0 Å². The molecule has 3 heteroatoms. The van der Waals surface area contributed by atoms with Crippen molar-refractivity contribution in [3.05, 3.63) is 115 Å². The molecule has 4 rings (SSSR count). The summed E-state index contributed by atoms with van der Waals surface area (Å²) in [5.41, 5.74) is 1.21. The number of nitrogens with zero attached hydrogens (tertiary/aromatic N) is 1. The molecule has 0 radical (unpaired) electrons. The van der Waals surface area contributed by atoms with Crippen LogP contribution in [0.25, 0.3) is 0 Å². The van der Waals surface area contributed by atoms with E-state index in [9.17, 15) is 0 Å². The number of hydrogen-bond donors (Lipinski definition) is 0. The SMILES string of the molecule is CN(C)c1ccc(P(I)(c2ccccc2)(c2ccccc2)c2ccccc2)cc1. The van der Waals surface area contributed by atoms with Crippen molar-refractivity contribution >= 4 is 53.2 Å². The van der Waals surface area contributed by atoms with Gasteiger partial charge in [0.05, 0.1) is 0 Å². The molecule has 0 N–H and O–H groups in total. The Morgan fingerprint density at radius 2 is 0.793 bits per heavy atom. The third kappa shape index (κ3) is 3.19. The fraction of sp³-hybridized carbons (Fsp3) is 0.0769. The zero-order chi connectivity index (χ0) is 20.3. The van der Waals surface area contributed by atoms with Gasteiger partial charge < -0.3 is 0 Å². The quantitative estimate of drug-likeness (QED) is 0.262. The molecule has 4 aromatic rings. The van der Waals surface area contributed by atoms with Crippen molar-refractivity contribution in [2.45, 2.75) is 0 Å². The van der Waals surface area contributed by atoms with Crippen molar-refractivity contribution in [2.75, 3.05) is 19.0 Å². The fourth-order valence-electron chi connectivity index (χ4n) is 4.05. The van der Waals surface area contributed by atoms with Gasteiger partial charge in [0, 0.05) is 0 Å². The van der Waals surface area contributed by atoms with Gasteiger partial charge in [-0.25, -0.2) is 0 Å². The van der Waals surface area contributed by atoms with Crippen molar-refractivity contribution in [3.8, 4) is 0 Å². The molecule has 0 spiro atoms. The van der Waals surface area contributed by atoms with Crippen LogP contribution < -0.4 is 26.1 Å². The Balaban J connectivity index is 2.16. The standard InChI is InChI=1S/C26H25INP/c1-28(2)22-18-20-26(21-19-22)29(27,23-12-6-3-7-13-23,24-14-8-4-9-15-24)25-16-10-5-11-17-25/h3-21H,1-2H3. The number of benzene rings is 4. The van der Waals surface area contributed by atoms with Crippen LogP contribution in [0.2, 0.25) is 0 Å². The molecule has 29 heavy (non-hydrogen) atoms. The van der Waals surface area contributed by atoms with E-state index in [4.69, 9.17) is 0 Å². The topological polar surface area (TPSA) is 3.24 Å². The van der Waals surface area contributed by atoms with Crippen LogP contribution in [0.1, 0.15) is 0 Å². The summed E-state index contributed by atoms with van der Waals surface area (Å²) in [6.45, 7) is 0. The van der Waals surface area contributed by atoms with Crippen molar-refractivity contribution in [1.82, 2.24) is 0 Å². The summed E-state index contributed by atoms with van der Waals surface area (Å²) in [6, 6.07) is 42.2. The molecule has 0 aromatic heterocycles. The minimum atomic E-state index is -2.93. The van der Waals surface area contributed by atoms with E-state index in [1.807, 2.05) is 0 Å². The second-order valence-electron chi connectivity index (χ2n) is 7.43. The fourth-order valence-corrected chi connectivity index (χ4v) is 12.6. The summed E-state index contributed by atoms with van der Waals surface area (Å²) >= 11 is 2.82. The third-order valence-electron chi connectivity index (χ3n) is 5.57. The first-order valence-electron chi connectivity index (χ1n) is 9.73. The Morgan fingerprint density at radius 3 is 1.10 bits per heavy atom. The van der Waals surface area contributed by atoms with Crippen LogP contribution in [-0.4, -0.2) is 14.1 Å². The summed E-state index contributed by atoms with van der Waals surface area (Å²) in [7, 11) is 4.18. The van der Waals surface area contributed by atoms with Crippen molar-refractivity contribution in [3.63, 3.8) is 0 Å². The van der Waals surface area contributed by atoms with Crippen LogP contribution in [0, 0.1) is 0 Å². The first-order valence-corrected chi connectivity index (χ1v) is 14.8. The Labute approximate surface area is 186 Å². The van der Waals surface area contributed by atoms with Gasteiger partial charge in [0.25, 0.3) is 0 Å². The Hall–Kier alpha value is -2.16. The molecule has 0 aliphatic rings. The monoisotopic (exact) mass is 509 g/mol. The molecule has 0 amide bonds. The van der Waals surface area contributed by atoms with E-state index < -0.39 is 4.25 Å². The molecular weight excluding hydrogens is 484 g/mol. The molecule has 0 aliphatic carbocycles. The number of anilines is 1. The minimum absolute atomic E-state index is 1.21. The van der Waals surface area contributed by atoms with Gasteiger partial charge in [-0.2, -0.15) is 0 Å². The maximum atomic E-state index is 2.82. The molecule has 1 nitrogen and oxygen atoms in total. The molecule has 146 valence electrons. The summed E-state index contributed by atoms with van der Waals surface area (Å²) in [6.07, 6.45) is 0. The number of hydrogen-bond acceptors (Lipinski definition) is 1. The average Bonchev–Trinajstić information content (AvgIpc) is 2.80. The van der Waals surface area contributed by atoms with Gasteiger partial charge in [-0.05, 0) is 0 Å². The zero-order valence-electron chi connectivity index (χ0n) is 16.7. The second-order valence-corrected chi connectivity index (χ2v) is 17.3. The Bertz CT molecular complexity index is 978. The molecule has 0 saturated heterocycles. The summed E-state index contributed by atoms with van der Waals surface area (Å²) in [4.78, 5) is 2.15. The van der Waals surface area contributed by atoms with Crippen LogP contribution >= 0.6 is 26.3 Å². The van der Waals surface area contributed by atoms with Crippen molar-refractivity contribution in [2.24, 2.45) is 0 Å². The van der Waals surface area contributed by atoms with Gasteiger partial charge in [-0.1, -0.05) is 0 Å². The normalized spacial score (nSPS) is 12.7. The molecule has 0 unspecified atom stereocenters. The first kappa shape index (κ1) is 20.1. The van der Waals surface area contributed by atoms with Crippen LogP contribution in [0.15, 0.2) is 115 Å². The van der Waals surface area contributed by atoms with E-state index in [-0.39, 0.29) is 0 Å². The molecule has 0 saturated carbocycles. The van der Waals surface area contributed by atoms with Crippen molar-refractivity contribution < 1.29 is 0 Å². The number of rotatable bonds is 5. The maximum absolute atomic E-state index is 2.93.